The SMILES string of the molecule is CC(=O)SCC1CCCCN1S(=O)(=O)c1cccc(C(F)(F)F)c1.CS(=O)(=O)OCC1CCCCN1S(=O)(=O)c1cccc(C(F)(F)F)c1. The van der Waals surface area contributed by atoms with Gasteiger partial charge in [-0.25, -0.2) is 16.8 Å². The van der Waals surface area contributed by atoms with Crippen molar-refractivity contribution < 1.29 is 60.6 Å². The number of halogens is 6. The number of benzene rings is 2. The molecule has 0 aromatic heterocycles. The van der Waals surface area contributed by atoms with E-state index in [0.29, 0.717) is 50.0 Å². The number of carbonyl (C=O) groups is 1. The molecule has 2 aromatic rings. The van der Waals surface area contributed by atoms with E-state index >= 15 is 0 Å². The minimum absolute atomic E-state index is 0.0936. The Balaban J connectivity index is 0.000000266. The zero-order valence-electron chi connectivity index (χ0n) is 26.4. The summed E-state index contributed by atoms with van der Waals surface area (Å²) in [5.41, 5.74) is -2.05. The first-order chi connectivity index (χ1) is 22.5. The number of hydrogen-bond acceptors (Lipinski definition) is 9. The second kappa shape index (κ2) is 16.4. The molecule has 0 bridgehead atoms. The van der Waals surface area contributed by atoms with E-state index < -0.39 is 64.6 Å². The molecule has 0 amide bonds. The molecular formula is C29H36F6N2O8S4. The molecule has 2 unspecified atom stereocenters. The van der Waals surface area contributed by atoms with Crippen LogP contribution in [0.15, 0.2) is 58.3 Å². The Morgan fingerprint density at radius 3 is 1.59 bits per heavy atom. The lowest BCUT2D eigenvalue weighted by molar-refractivity contribution is -0.138. The number of rotatable bonds is 9. The number of carbonyl (C=O) groups excluding carboxylic acids is 1. The second-order valence-electron chi connectivity index (χ2n) is 11.4. The van der Waals surface area contributed by atoms with Crippen molar-refractivity contribution in [3.05, 3.63) is 59.7 Å². The smallest absolute Gasteiger partial charge is 0.288 e. The molecule has 49 heavy (non-hydrogen) atoms. The first kappa shape index (κ1) is 41.2. The van der Waals surface area contributed by atoms with E-state index in [4.69, 9.17) is 4.18 Å². The van der Waals surface area contributed by atoms with Crippen molar-refractivity contribution in [2.24, 2.45) is 0 Å². The summed E-state index contributed by atoms with van der Waals surface area (Å²) in [6.45, 7) is 1.38. The van der Waals surface area contributed by atoms with Crippen LogP contribution >= 0.6 is 11.8 Å². The molecule has 0 N–H and O–H groups in total. The Kier molecular flexibility index (Phi) is 13.8. The summed E-state index contributed by atoms with van der Waals surface area (Å²) in [7, 11) is -12.0. The van der Waals surface area contributed by atoms with Gasteiger partial charge >= 0.3 is 12.4 Å². The Morgan fingerprint density at radius 2 is 1.18 bits per heavy atom. The fraction of sp³-hybridized carbons (Fsp3) is 0.552. The zero-order chi connectivity index (χ0) is 36.8. The van der Waals surface area contributed by atoms with Crippen molar-refractivity contribution >= 4 is 47.0 Å². The molecular weight excluding hydrogens is 747 g/mol. The zero-order valence-corrected chi connectivity index (χ0v) is 29.7. The molecule has 2 saturated heterocycles. The Labute approximate surface area is 286 Å². The molecule has 2 aliphatic heterocycles. The number of hydrogen-bond donors (Lipinski definition) is 0. The van der Waals surface area contributed by atoms with Crippen LogP contribution in [0.3, 0.4) is 0 Å². The van der Waals surface area contributed by atoms with Gasteiger partial charge in [0.25, 0.3) is 10.1 Å². The van der Waals surface area contributed by atoms with E-state index in [1.807, 2.05) is 0 Å². The van der Waals surface area contributed by atoms with Crippen molar-refractivity contribution in [2.45, 2.75) is 79.7 Å². The summed E-state index contributed by atoms with van der Waals surface area (Å²) in [5.74, 6) is 0.313. The minimum atomic E-state index is -4.66. The highest BCUT2D eigenvalue weighted by Gasteiger charge is 2.38. The maximum Gasteiger partial charge on any atom is 0.416 e. The Morgan fingerprint density at radius 1 is 0.755 bits per heavy atom. The minimum Gasteiger partial charge on any atom is -0.288 e. The van der Waals surface area contributed by atoms with Crippen LogP contribution in [-0.2, 0) is 51.5 Å². The Hall–Kier alpha value is -2.23. The van der Waals surface area contributed by atoms with Crippen molar-refractivity contribution in [2.75, 3.05) is 31.7 Å². The van der Waals surface area contributed by atoms with Crippen LogP contribution in [0.4, 0.5) is 26.3 Å². The maximum atomic E-state index is 12.8. The highest BCUT2D eigenvalue weighted by Crippen LogP contribution is 2.34. The van der Waals surface area contributed by atoms with Crippen LogP contribution in [0.25, 0.3) is 0 Å². The van der Waals surface area contributed by atoms with Gasteiger partial charge in [0.05, 0.1) is 33.8 Å². The fourth-order valence-corrected chi connectivity index (χ4v) is 10.0. The molecule has 0 saturated carbocycles. The normalized spacial score (nSPS) is 20.3. The predicted octanol–water partition coefficient (Wildman–Crippen LogP) is 5.75. The molecule has 20 heteroatoms. The maximum absolute atomic E-state index is 12.8. The van der Waals surface area contributed by atoms with Crippen LogP contribution in [0.5, 0.6) is 0 Å². The lowest BCUT2D eigenvalue weighted by Gasteiger charge is -2.34. The average molecular weight is 783 g/mol. The fourth-order valence-electron chi connectivity index (χ4n) is 5.27. The third-order valence-corrected chi connectivity index (χ3v) is 13.1. The van der Waals surface area contributed by atoms with Gasteiger partial charge < -0.3 is 0 Å². The first-order valence-corrected chi connectivity index (χ1v) is 20.6. The van der Waals surface area contributed by atoms with Crippen LogP contribution in [0, 0.1) is 0 Å². The van der Waals surface area contributed by atoms with Gasteiger partial charge in [0, 0.05) is 37.8 Å². The number of alkyl halides is 6. The van der Waals surface area contributed by atoms with Gasteiger partial charge in [0.15, 0.2) is 5.12 Å². The van der Waals surface area contributed by atoms with Gasteiger partial charge in [0.1, 0.15) is 0 Å². The van der Waals surface area contributed by atoms with Crippen molar-refractivity contribution in [1.82, 2.24) is 8.61 Å². The van der Waals surface area contributed by atoms with Crippen molar-refractivity contribution in [3.8, 4) is 0 Å². The van der Waals surface area contributed by atoms with E-state index in [1.54, 1.807) is 0 Å². The van der Waals surface area contributed by atoms with E-state index in [1.165, 1.54) is 17.3 Å². The van der Waals surface area contributed by atoms with Gasteiger partial charge in [-0.15, -0.1) is 0 Å². The lowest BCUT2D eigenvalue weighted by Crippen LogP contribution is -2.46. The monoisotopic (exact) mass is 782 g/mol. The predicted molar refractivity (Wildman–Crippen MR) is 170 cm³/mol. The average Bonchev–Trinajstić information content (AvgIpc) is 3.02. The molecule has 0 spiro atoms. The van der Waals surface area contributed by atoms with Gasteiger partial charge in [-0.05, 0) is 62.1 Å². The third kappa shape index (κ3) is 11.6. The molecule has 2 fully saturated rings. The number of nitrogens with zero attached hydrogens (tertiary/aromatic N) is 2. The summed E-state index contributed by atoms with van der Waals surface area (Å²) < 4.78 is 157. The molecule has 10 nitrogen and oxygen atoms in total. The molecule has 0 radical (unpaired) electrons. The molecule has 2 aromatic carbocycles. The van der Waals surface area contributed by atoms with Crippen LogP contribution in [0.1, 0.15) is 56.6 Å². The number of thioether (sulfide) groups is 1. The Bertz CT molecular complexity index is 1790. The molecule has 2 aliphatic rings. The molecule has 276 valence electrons. The molecule has 2 atom stereocenters. The third-order valence-electron chi connectivity index (χ3n) is 7.64. The lowest BCUT2D eigenvalue weighted by atomic mass is 10.1. The summed E-state index contributed by atoms with van der Waals surface area (Å²) >= 11 is 1.04. The van der Waals surface area contributed by atoms with Crippen molar-refractivity contribution in [3.63, 3.8) is 0 Å². The molecule has 0 aliphatic carbocycles. The second-order valence-corrected chi connectivity index (χ2v) is 18.0. The van der Waals surface area contributed by atoms with Crippen LogP contribution in [-0.4, -0.2) is 82.8 Å². The quantitative estimate of drug-likeness (QED) is 0.230. The number of sulfonamides is 2. The van der Waals surface area contributed by atoms with Gasteiger partial charge in [-0.3, -0.25) is 8.98 Å². The summed E-state index contributed by atoms with van der Waals surface area (Å²) in [5, 5.41) is -0.114. The van der Waals surface area contributed by atoms with E-state index in [-0.39, 0.29) is 35.7 Å². The van der Waals surface area contributed by atoms with E-state index in [0.717, 1.165) is 59.1 Å². The summed E-state index contributed by atoms with van der Waals surface area (Å²) in [6, 6.07) is 6.15. The van der Waals surface area contributed by atoms with Gasteiger partial charge in [0.2, 0.25) is 20.0 Å². The first-order valence-electron chi connectivity index (χ1n) is 14.9. The summed E-state index contributed by atoms with van der Waals surface area (Å²) in [6.07, 6.45) is -4.76. The highest BCUT2D eigenvalue weighted by molar-refractivity contribution is 8.13. The highest BCUT2D eigenvalue weighted by atomic mass is 32.2. The molecule has 4 rings (SSSR count). The van der Waals surface area contributed by atoms with Crippen LogP contribution < -0.4 is 0 Å². The van der Waals surface area contributed by atoms with Gasteiger partial charge in [-0.2, -0.15) is 43.4 Å². The largest absolute Gasteiger partial charge is 0.416 e. The standard InChI is InChI=1S/C15H18F3NO3S2.C14H18F3NO5S2/c1-11(20)23-10-13-6-2-3-8-19(13)24(21,22)14-7-4-5-12(9-14)15(16,17)18;1-24(19,20)23-10-12-6-2-3-8-18(12)25(21,22)13-7-4-5-11(9-13)14(15,16)17/h4-5,7,9,13H,2-3,6,8,10H2,1H3;4-5,7,9,12H,2-3,6,8,10H2,1H3. The van der Waals surface area contributed by atoms with Gasteiger partial charge in [-0.1, -0.05) is 36.7 Å². The van der Waals surface area contributed by atoms with Crippen LogP contribution in [0.2, 0.25) is 0 Å². The summed E-state index contributed by atoms with van der Waals surface area (Å²) in [4.78, 5) is 10.3. The van der Waals surface area contributed by atoms with E-state index in [2.05, 4.69) is 0 Å². The van der Waals surface area contributed by atoms with Crippen molar-refractivity contribution in [1.29, 1.82) is 0 Å². The number of piperidine rings is 2. The molecule has 2 heterocycles. The van der Waals surface area contributed by atoms with E-state index in [9.17, 15) is 56.4 Å². The topological polar surface area (TPSA) is 135 Å².